The van der Waals surface area contributed by atoms with E-state index in [1.807, 2.05) is 21.1 Å². The lowest BCUT2D eigenvalue weighted by atomic mass is 10.1. The number of likely N-dealkylation sites (N-methyl/N-ethyl adjacent to an activating group) is 1. The van der Waals surface area contributed by atoms with Gasteiger partial charge in [0, 0.05) is 31.0 Å². The number of alkyl halides is 3. The third-order valence-electron chi connectivity index (χ3n) is 4.88. The molecule has 1 rings (SSSR count). The summed E-state index contributed by atoms with van der Waals surface area (Å²) in [6.45, 7) is 0.747. The molecule has 6 nitrogen and oxygen atoms in total. The van der Waals surface area contributed by atoms with E-state index in [-0.39, 0.29) is 24.5 Å². The Morgan fingerprint density at radius 3 is 2.30 bits per heavy atom. The number of carbonyl (C=O) groups is 2. The Kier molecular flexibility index (Phi) is 11.8. The minimum Gasteiger partial charge on any atom is -0.550 e. The number of carboxylic acids is 1. The predicted octanol–water partition coefficient (Wildman–Crippen LogP) is 3.03. The maximum atomic E-state index is 13.7. The van der Waals surface area contributed by atoms with Crippen molar-refractivity contribution in [1.29, 1.82) is 0 Å². The Bertz CT molecular complexity index is 764. The number of halogens is 4. The first kappa shape index (κ1) is 28.8. The van der Waals surface area contributed by atoms with Crippen molar-refractivity contribution < 1.29 is 41.5 Å². The molecule has 0 saturated heterocycles. The molecule has 0 radical (unpaired) electrons. The van der Waals surface area contributed by atoms with Gasteiger partial charge in [-0.25, -0.2) is 4.39 Å². The van der Waals surface area contributed by atoms with Crippen molar-refractivity contribution in [2.45, 2.75) is 63.8 Å². The quantitative estimate of drug-likeness (QED) is 0.239. The predicted molar refractivity (Wildman–Crippen MR) is 113 cm³/mol. The molecule has 188 valence electrons. The van der Waals surface area contributed by atoms with Crippen molar-refractivity contribution in [3.63, 3.8) is 0 Å². The molecule has 0 spiro atoms. The standard InChI is InChI=1S/C23H34F4N2O4/c1-29(2,3)15-19(14-22(31)32)28-21(30)9-7-5-4-6-8-12-33-16-17-10-11-18(13-20(17)24)23(25,26)27/h10-11,13,19H,4-9,12,14-16H2,1-3H3,(H-,28,30,31,32). The minimum absolute atomic E-state index is 0.0799. The highest BCUT2D eigenvalue weighted by Crippen LogP contribution is 2.30. The fourth-order valence-electron chi connectivity index (χ4n) is 3.37. The molecule has 1 unspecified atom stereocenters. The Morgan fingerprint density at radius 2 is 1.73 bits per heavy atom. The number of quaternary nitrogens is 1. The molecule has 1 N–H and O–H groups in total. The van der Waals surface area contributed by atoms with Crippen LogP contribution in [0.25, 0.3) is 0 Å². The van der Waals surface area contributed by atoms with Crippen LogP contribution < -0.4 is 10.4 Å². The van der Waals surface area contributed by atoms with Crippen LogP contribution in [0.4, 0.5) is 17.6 Å². The van der Waals surface area contributed by atoms with Crippen molar-refractivity contribution in [2.24, 2.45) is 0 Å². The van der Waals surface area contributed by atoms with Gasteiger partial charge in [-0.15, -0.1) is 0 Å². The molecule has 0 aromatic heterocycles. The second-order valence-electron chi connectivity index (χ2n) is 9.19. The number of ether oxygens (including phenoxy) is 1. The zero-order chi connectivity index (χ0) is 25.1. The van der Waals surface area contributed by atoms with Crippen molar-refractivity contribution >= 4 is 11.9 Å². The molecule has 10 heteroatoms. The zero-order valence-corrected chi connectivity index (χ0v) is 19.5. The zero-order valence-electron chi connectivity index (χ0n) is 19.5. The summed E-state index contributed by atoms with van der Waals surface area (Å²) < 4.78 is 57.2. The van der Waals surface area contributed by atoms with E-state index in [4.69, 9.17) is 4.74 Å². The number of carbonyl (C=O) groups excluding carboxylic acids is 2. The molecule has 1 aromatic carbocycles. The van der Waals surface area contributed by atoms with Gasteiger partial charge in [0.1, 0.15) is 5.82 Å². The lowest BCUT2D eigenvalue weighted by Gasteiger charge is -2.30. The Balaban J connectivity index is 2.17. The highest BCUT2D eigenvalue weighted by Gasteiger charge is 2.31. The van der Waals surface area contributed by atoms with Gasteiger partial charge in [0.05, 0.1) is 45.9 Å². The van der Waals surface area contributed by atoms with Crippen LogP contribution in [0.5, 0.6) is 0 Å². The number of carboxylic acid groups (broad SMARTS) is 1. The van der Waals surface area contributed by atoms with Crippen LogP contribution in [0.15, 0.2) is 18.2 Å². The molecule has 0 heterocycles. The molecule has 0 fully saturated rings. The van der Waals surface area contributed by atoms with E-state index in [0.29, 0.717) is 43.0 Å². The number of amides is 1. The molecule has 0 bridgehead atoms. The van der Waals surface area contributed by atoms with Crippen LogP contribution in [-0.4, -0.2) is 56.7 Å². The van der Waals surface area contributed by atoms with E-state index >= 15 is 0 Å². The smallest absolute Gasteiger partial charge is 0.416 e. The average molecular weight is 479 g/mol. The summed E-state index contributed by atoms with van der Waals surface area (Å²) in [4.78, 5) is 23.0. The number of hydrogen-bond donors (Lipinski definition) is 1. The molecule has 0 saturated carbocycles. The number of nitrogens with one attached hydrogen (secondary N) is 1. The molecular weight excluding hydrogens is 444 g/mol. The maximum Gasteiger partial charge on any atom is 0.416 e. The van der Waals surface area contributed by atoms with Crippen molar-refractivity contribution in [2.75, 3.05) is 34.3 Å². The minimum atomic E-state index is -4.58. The van der Waals surface area contributed by atoms with E-state index in [1.54, 1.807) is 0 Å². The number of hydrogen-bond acceptors (Lipinski definition) is 4. The fraction of sp³-hybridized carbons (Fsp3) is 0.652. The van der Waals surface area contributed by atoms with Crippen molar-refractivity contribution in [1.82, 2.24) is 5.32 Å². The van der Waals surface area contributed by atoms with Gasteiger partial charge in [0.15, 0.2) is 0 Å². The molecule has 0 aliphatic carbocycles. The molecule has 33 heavy (non-hydrogen) atoms. The van der Waals surface area contributed by atoms with Gasteiger partial charge in [0.25, 0.3) is 0 Å². The lowest BCUT2D eigenvalue weighted by molar-refractivity contribution is -0.871. The Labute approximate surface area is 192 Å². The number of benzene rings is 1. The monoisotopic (exact) mass is 478 g/mol. The summed E-state index contributed by atoms with van der Waals surface area (Å²) in [6.07, 6.45) is -0.580. The summed E-state index contributed by atoms with van der Waals surface area (Å²) in [5.74, 6) is -2.32. The number of nitrogens with zero attached hydrogens (tertiary/aromatic N) is 1. The number of unbranched alkanes of at least 4 members (excludes halogenated alkanes) is 4. The summed E-state index contributed by atoms with van der Waals surface area (Å²) >= 11 is 0. The summed E-state index contributed by atoms with van der Waals surface area (Å²) in [7, 11) is 5.74. The summed E-state index contributed by atoms with van der Waals surface area (Å²) in [6, 6.07) is 1.91. The van der Waals surface area contributed by atoms with Crippen LogP contribution in [0.2, 0.25) is 0 Å². The molecular formula is C23H34F4N2O4. The first-order valence-electron chi connectivity index (χ1n) is 11.0. The van der Waals surface area contributed by atoms with Crippen molar-refractivity contribution in [3.8, 4) is 0 Å². The first-order valence-corrected chi connectivity index (χ1v) is 11.0. The van der Waals surface area contributed by atoms with E-state index in [1.165, 1.54) is 0 Å². The summed E-state index contributed by atoms with van der Waals surface area (Å²) in [5.41, 5.74) is -0.948. The van der Waals surface area contributed by atoms with Gasteiger partial charge < -0.3 is 24.4 Å². The number of rotatable bonds is 15. The van der Waals surface area contributed by atoms with E-state index < -0.39 is 29.6 Å². The average Bonchev–Trinajstić information content (AvgIpc) is 2.64. The fourth-order valence-corrected chi connectivity index (χ4v) is 3.37. The third kappa shape index (κ3) is 13.2. The second kappa shape index (κ2) is 13.5. The highest BCUT2D eigenvalue weighted by molar-refractivity contribution is 5.77. The van der Waals surface area contributed by atoms with Gasteiger partial charge in [-0.05, 0) is 25.0 Å². The molecule has 0 aliphatic heterocycles. The van der Waals surface area contributed by atoms with E-state index in [2.05, 4.69) is 5.32 Å². The highest BCUT2D eigenvalue weighted by atomic mass is 19.4. The van der Waals surface area contributed by atoms with E-state index in [9.17, 15) is 32.3 Å². The molecule has 1 aromatic rings. The molecule has 0 aliphatic rings. The number of aliphatic carboxylic acids is 1. The van der Waals surface area contributed by atoms with Crippen LogP contribution in [-0.2, 0) is 27.1 Å². The largest absolute Gasteiger partial charge is 0.550 e. The Hall–Kier alpha value is -2.20. The van der Waals surface area contributed by atoms with Gasteiger partial charge in [-0.1, -0.05) is 25.3 Å². The van der Waals surface area contributed by atoms with Gasteiger partial charge >= 0.3 is 6.18 Å². The van der Waals surface area contributed by atoms with Crippen LogP contribution >= 0.6 is 0 Å². The van der Waals surface area contributed by atoms with Crippen LogP contribution in [0.3, 0.4) is 0 Å². The van der Waals surface area contributed by atoms with Gasteiger partial charge in [-0.2, -0.15) is 13.2 Å². The maximum absolute atomic E-state index is 13.7. The van der Waals surface area contributed by atoms with Gasteiger partial charge in [0.2, 0.25) is 5.91 Å². The van der Waals surface area contributed by atoms with E-state index in [0.717, 1.165) is 31.4 Å². The first-order chi connectivity index (χ1) is 15.3. The van der Waals surface area contributed by atoms with Crippen LogP contribution in [0, 0.1) is 5.82 Å². The molecule has 1 atom stereocenters. The van der Waals surface area contributed by atoms with Crippen molar-refractivity contribution in [3.05, 3.63) is 35.1 Å². The Morgan fingerprint density at radius 1 is 1.09 bits per heavy atom. The van der Waals surface area contributed by atoms with Gasteiger partial charge in [-0.3, -0.25) is 4.79 Å². The second-order valence-corrected chi connectivity index (χ2v) is 9.19. The topological polar surface area (TPSA) is 78.5 Å². The summed E-state index contributed by atoms with van der Waals surface area (Å²) in [5, 5.41) is 13.7. The third-order valence-corrected chi connectivity index (χ3v) is 4.88. The normalized spacial score (nSPS) is 13.1. The van der Waals surface area contributed by atoms with Crippen LogP contribution in [0.1, 0.15) is 56.1 Å². The molecule has 1 amide bonds. The lowest BCUT2D eigenvalue weighted by Crippen LogP contribution is -2.50. The SMILES string of the molecule is C[N+](C)(C)CC(CC(=O)[O-])NC(=O)CCCCCCCOCc1ccc(C(F)(F)F)cc1F.